The average molecular weight is 501 g/mol. The zero-order valence-corrected chi connectivity index (χ0v) is 20.6. The van der Waals surface area contributed by atoms with E-state index in [4.69, 9.17) is 4.42 Å². The normalized spacial score (nSPS) is 16.3. The summed E-state index contributed by atoms with van der Waals surface area (Å²) in [6.07, 6.45) is 0. The van der Waals surface area contributed by atoms with Crippen LogP contribution in [0, 0.1) is 5.92 Å². The Balaban J connectivity index is 1.51. The lowest BCUT2D eigenvalue weighted by Crippen LogP contribution is -2.48. The Morgan fingerprint density at radius 1 is 1.06 bits per heavy atom. The highest BCUT2D eigenvalue weighted by molar-refractivity contribution is 7.91. The van der Waals surface area contributed by atoms with Gasteiger partial charge in [0, 0.05) is 36.6 Å². The number of benzene rings is 1. The lowest BCUT2D eigenvalue weighted by Gasteiger charge is -2.26. The average Bonchev–Trinajstić information content (AvgIpc) is 3.48. The van der Waals surface area contributed by atoms with E-state index in [1.54, 1.807) is 18.2 Å². The van der Waals surface area contributed by atoms with Gasteiger partial charge in [0.2, 0.25) is 5.91 Å². The molecule has 3 amide bonds. The summed E-state index contributed by atoms with van der Waals surface area (Å²) in [7, 11) is -1.56. The molecule has 0 unspecified atom stereocenters. The molecule has 1 aliphatic rings. The van der Waals surface area contributed by atoms with Crippen LogP contribution in [0.3, 0.4) is 0 Å². The van der Waals surface area contributed by atoms with Crippen LogP contribution in [-0.2, 0) is 14.6 Å². The molecule has 0 radical (unpaired) electrons. The minimum absolute atomic E-state index is 0.0292. The summed E-state index contributed by atoms with van der Waals surface area (Å²) < 4.78 is 29.0. The molecule has 1 aromatic carbocycles. The molecule has 0 bridgehead atoms. The van der Waals surface area contributed by atoms with Crippen LogP contribution in [0.25, 0.3) is 22.2 Å². The van der Waals surface area contributed by atoms with Crippen LogP contribution in [0.2, 0.25) is 0 Å². The molecule has 4 rings (SSSR count). The lowest BCUT2D eigenvalue weighted by atomic mass is 10.0. The third-order valence-corrected chi connectivity index (χ3v) is 7.69. The Morgan fingerprint density at radius 2 is 1.77 bits per heavy atom. The van der Waals surface area contributed by atoms with Gasteiger partial charge in [0.25, 0.3) is 11.8 Å². The third-order valence-electron chi connectivity index (χ3n) is 6.08. The second kappa shape index (κ2) is 9.57. The van der Waals surface area contributed by atoms with Crippen molar-refractivity contribution in [3.05, 3.63) is 47.9 Å². The molecule has 1 aliphatic heterocycles. The first-order valence-corrected chi connectivity index (χ1v) is 13.2. The monoisotopic (exact) mass is 500 g/mol. The molecule has 1 fully saturated rings. The second-order valence-electron chi connectivity index (χ2n) is 8.90. The van der Waals surface area contributed by atoms with Crippen molar-refractivity contribution in [2.75, 3.05) is 31.6 Å². The van der Waals surface area contributed by atoms with Gasteiger partial charge in [-0.25, -0.2) is 8.42 Å². The first-order chi connectivity index (χ1) is 16.6. The third kappa shape index (κ3) is 5.24. The van der Waals surface area contributed by atoms with Crippen LogP contribution >= 0.6 is 0 Å². The Labute approximate surface area is 203 Å². The first kappa shape index (κ1) is 24.5. The van der Waals surface area contributed by atoms with Gasteiger partial charge < -0.3 is 24.9 Å². The number of nitrogens with zero attached hydrogens (tertiary/aromatic N) is 1. The van der Waals surface area contributed by atoms with Crippen LogP contribution in [0.15, 0.2) is 40.8 Å². The summed E-state index contributed by atoms with van der Waals surface area (Å²) in [6, 6.07) is 9.73. The maximum absolute atomic E-state index is 12.8. The van der Waals surface area contributed by atoms with E-state index in [0.717, 1.165) is 5.39 Å². The molecule has 3 aromatic rings. The van der Waals surface area contributed by atoms with Gasteiger partial charge in [-0.05, 0) is 30.2 Å². The molecule has 3 heterocycles. The number of likely N-dealkylation sites (N-methyl/N-ethyl adjacent to an activating group) is 1. The van der Waals surface area contributed by atoms with Crippen molar-refractivity contribution in [1.29, 1.82) is 0 Å². The number of aromatic nitrogens is 1. The number of amides is 3. The standard InChI is InChI=1S/C24H28N4O6S/c1-14(2)21(23(30)25-3)27-22(29)20-7-6-19(34-20)16-5-4-15-12-18(26-17(15)13-16)24(31)28-8-10-35(32,33)11-9-28/h4-7,12-14,21,26H,8-11H2,1-3H3,(H,25,30)(H,27,29)/t21-/m0/s1. The van der Waals surface area contributed by atoms with Crippen molar-refractivity contribution in [1.82, 2.24) is 20.5 Å². The van der Waals surface area contributed by atoms with Crippen molar-refractivity contribution >= 4 is 38.5 Å². The maximum atomic E-state index is 12.8. The summed E-state index contributed by atoms with van der Waals surface area (Å²) in [5, 5.41) is 6.06. The molecule has 2 aromatic heterocycles. The lowest BCUT2D eigenvalue weighted by molar-refractivity contribution is -0.123. The van der Waals surface area contributed by atoms with E-state index >= 15 is 0 Å². The molecule has 1 saturated heterocycles. The topological polar surface area (TPSA) is 142 Å². The predicted octanol–water partition coefficient (Wildman–Crippen LogP) is 1.80. The number of H-pyrrole nitrogens is 1. The van der Waals surface area contributed by atoms with Crippen LogP contribution in [0.4, 0.5) is 0 Å². The van der Waals surface area contributed by atoms with Gasteiger partial charge in [-0.3, -0.25) is 14.4 Å². The van der Waals surface area contributed by atoms with E-state index in [1.165, 1.54) is 11.9 Å². The summed E-state index contributed by atoms with van der Waals surface area (Å²) >= 11 is 0. The fourth-order valence-electron chi connectivity index (χ4n) is 4.00. The van der Waals surface area contributed by atoms with E-state index in [2.05, 4.69) is 15.6 Å². The molecule has 186 valence electrons. The number of rotatable bonds is 6. The maximum Gasteiger partial charge on any atom is 0.287 e. The molecule has 3 N–H and O–H groups in total. The van der Waals surface area contributed by atoms with E-state index in [9.17, 15) is 22.8 Å². The van der Waals surface area contributed by atoms with Crippen molar-refractivity contribution in [2.24, 2.45) is 5.92 Å². The number of carbonyl (C=O) groups is 3. The Bertz CT molecular complexity index is 1370. The number of hydrogen-bond acceptors (Lipinski definition) is 6. The SMILES string of the molecule is CNC(=O)[C@@H](NC(=O)c1ccc(-c2ccc3cc(C(=O)N4CCS(=O)(=O)CC4)[nH]c3c2)o1)C(C)C. The number of sulfone groups is 1. The van der Waals surface area contributed by atoms with Gasteiger partial charge in [0.15, 0.2) is 15.6 Å². The zero-order chi connectivity index (χ0) is 25.3. The van der Waals surface area contributed by atoms with E-state index in [-0.39, 0.29) is 48.1 Å². The molecular weight excluding hydrogens is 472 g/mol. The summed E-state index contributed by atoms with van der Waals surface area (Å²) in [4.78, 5) is 42.1. The largest absolute Gasteiger partial charge is 0.451 e. The molecular formula is C24H28N4O6S. The highest BCUT2D eigenvalue weighted by Gasteiger charge is 2.27. The Hall–Kier alpha value is -3.60. The summed E-state index contributed by atoms with van der Waals surface area (Å²) in [5.41, 5.74) is 1.79. The fraction of sp³-hybridized carbons (Fsp3) is 0.375. The van der Waals surface area contributed by atoms with Gasteiger partial charge in [0.05, 0.1) is 11.5 Å². The van der Waals surface area contributed by atoms with Crippen molar-refractivity contribution in [2.45, 2.75) is 19.9 Å². The minimum Gasteiger partial charge on any atom is -0.451 e. The predicted molar refractivity (Wildman–Crippen MR) is 131 cm³/mol. The van der Waals surface area contributed by atoms with Gasteiger partial charge in [-0.1, -0.05) is 26.0 Å². The van der Waals surface area contributed by atoms with Crippen LogP contribution in [-0.4, -0.2) is 73.7 Å². The highest BCUT2D eigenvalue weighted by atomic mass is 32.2. The van der Waals surface area contributed by atoms with Crippen LogP contribution in [0.5, 0.6) is 0 Å². The number of aromatic amines is 1. The van der Waals surface area contributed by atoms with E-state index < -0.39 is 21.8 Å². The number of furan rings is 1. The highest BCUT2D eigenvalue weighted by Crippen LogP contribution is 2.27. The quantitative estimate of drug-likeness (QED) is 0.471. The van der Waals surface area contributed by atoms with Crippen LogP contribution in [0.1, 0.15) is 34.9 Å². The second-order valence-corrected chi connectivity index (χ2v) is 11.2. The van der Waals surface area contributed by atoms with E-state index in [0.29, 0.717) is 22.5 Å². The number of hydrogen-bond donors (Lipinski definition) is 3. The van der Waals surface area contributed by atoms with Gasteiger partial charge in [-0.15, -0.1) is 0 Å². The minimum atomic E-state index is -3.08. The molecule has 0 saturated carbocycles. The number of carbonyl (C=O) groups excluding carboxylic acids is 3. The fourth-order valence-corrected chi connectivity index (χ4v) is 5.20. The van der Waals surface area contributed by atoms with Crippen molar-refractivity contribution in [3.63, 3.8) is 0 Å². The molecule has 10 nitrogen and oxygen atoms in total. The Kier molecular flexibility index (Phi) is 6.70. The molecule has 35 heavy (non-hydrogen) atoms. The first-order valence-electron chi connectivity index (χ1n) is 11.3. The molecule has 0 aliphatic carbocycles. The number of nitrogens with one attached hydrogen (secondary N) is 3. The molecule has 11 heteroatoms. The van der Waals surface area contributed by atoms with Crippen molar-refractivity contribution < 1.29 is 27.2 Å². The summed E-state index contributed by atoms with van der Waals surface area (Å²) in [5.74, 6) is -0.638. The van der Waals surface area contributed by atoms with Gasteiger partial charge in [-0.2, -0.15) is 0 Å². The molecule has 0 spiro atoms. The van der Waals surface area contributed by atoms with E-state index in [1.807, 2.05) is 32.0 Å². The van der Waals surface area contributed by atoms with Crippen LogP contribution < -0.4 is 10.6 Å². The molecule has 1 atom stereocenters. The summed E-state index contributed by atoms with van der Waals surface area (Å²) in [6.45, 7) is 4.03. The smallest absolute Gasteiger partial charge is 0.287 e. The zero-order valence-electron chi connectivity index (χ0n) is 19.8. The van der Waals surface area contributed by atoms with Gasteiger partial charge in [0.1, 0.15) is 17.5 Å². The van der Waals surface area contributed by atoms with Gasteiger partial charge >= 0.3 is 0 Å². The number of fused-ring (bicyclic) bond motifs is 1. The Morgan fingerprint density at radius 3 is 2.43 bits per heavy atom. The van der Waals surface area contributed by atoms with Crippen molar-refractivity contribution in [3.8, 4) is 11.3 Å².